The summed E-state index contributed by atoms with van der Waals surface area (Å²) in [5.74, 6) is 0.851. The van der Waals surface area contributed by atoms with Crippen molar-refractivity contribution in [2.24, 2.45) is 5.73 Å². The summed E-state index contributed by atoms with van der Waals surface area (Å²) in [5.41, 5.74) is 6.70. The summed E-state index contributed by atoms with van der Waals surface area (Å²) in [4.78, 5) is 4.32. The number of anilines is 1. The van der Waals surface area contributed by atoms with Crippen molar-refractivity contribution in [3.05, 3.63) is 24.7 Å². The third-order valence-corrected chi connectivity index (χ3v) is 2.59. The Kier molecular flexibility index (Phi) is 3.36. The first-order valence-electron chi connectivity index (χ1n) is 5.60. The topological polar surface area (TPSA) is 68.2 Å². The van der Waals surface area contributed by atoms with Gasteiger partial charge in [-0.05, 0) is 12.5 Å². The molecule has 0 bridgehead atoms. The quantitative estimate of drug-likeness (QED) is 0.794. The Morgan fingerprint density at radius 3 is 3.12 bits per heavy atom. The van der Waals surface area contributed by atoms with Crippen LogP contribution in [0.25, 0.3) is 5.52 Å². The number of nitrogens with one attached hydrogen (secondary N) is 1. The number of nitrogens with two attached hydrogens (primary N) is 1. The fourth-order valence-electron chi connectivity index (χ4n) is 1.76. The van der Waals surface area contributed by atoms with Crippen molar-refractivity contribution < 1.29 is 0 Å². The molecule has 86 valence electrons. The summed E-state index contributed by atoms with van der Waals surface area (Å²) in [6.45, 7) is 2.77. The maximum atomic E-state index is 5.71. The molecule has 0 aromatic carbocycles. The number of hydrogen-bond acceptors (Lipinski definition) is 4. The third-order valence-electron chi connectivity index (χ3n) is 2.59. The van der Waals surface area contributed by atoms with Gasteiger partial charge in [-0.3, -0.25) is 0 Å². The molecule has 5 nitrogen and oxygen atoms in total. The fourth-order valence-corrected chi connectivity index (χ4v) is 1.76. The molecular formula is C11H17N5. The lowest BCUT2D eigenvalue weighted by molar-refractivity contribution is 0.646. The van der Waals surface area contributed by atoms with Crippen molar-refractivity contribution in [3.8, 4) is 0 Å². The summed E-state index contributed by atoms with van der Waals surface area (Å²) in [7, 11) is 0. The minimum atomic E-state index is 0.276. The van der Waals surface area contributed by atoms with Gasteiger partial charge < -0.3 is 11.1 Å². The van der Waals surface area contributed by atoms with Crippen molar-refractivity contribution in [2.45, 2.75) is 25.8 Å². The molecule has 16 heavy (non-hydrogen) atoms. The van der Waals surface area contributed by atoms with Gasteiger partial charge in [0, 0.05) is 25.0 Å². The number of fused-ring (bicyclic) bond motifs is 1. The minimum Gasteiger partial charge on any atom is -0.364 e. The highest BCUT2D eigenvalue weighted by Crippen LogP contribution is 2.14. The van der Waals surface area contributed by atoms with Crippen molar-refractivity contribution in [2.75, 3.05) is 11.9 Å². The molecule has 0 spiro atoms. The number of aromatic nitrogens is 3. The molecule has 0 saturated carbocycles. The van der Waals surface area contributed by atoms with E-state index in [1.807, 2.05) is 12.3 Å². The number of nitrogens with zero attached hydrogens (tertiary/aromatic N) is 3. The molecular weight excluding hydrogens is 202 g/mol. The van der Waals surface area contributed by atoms with Gasteiger partial charge in [0.25, 0.3) is 0 Å². The molecule has 0 aliphatic heterocycles. The van der Waals surface area contributed by atoms with Crippen LogP contribution in [0.3, 0.4) is 0 Å². The summed E-state index contributed by atoms with van der Waals surface area (Å²) in [5, 5.41) is 7.53. The van der Waals surface area contributed by atoms with Gasteiger partial charge in [-0.1, -0.05) is 13.3 Å². The molecule has 0 aliphatic carbocycles. The van der Waals surface area contributed by atoms with E-state index < -0.39 is 0 Å². The maximum Gasteiger partial charge on any atom is 0.152 e. The van der Waals surface area contributed by atoms with Crippen molar-refractivity contribution >= 4 is 11.3 Å². The van der Waals surface area contributed by atoms with Crippen LogP contribution in [0.1, 0.15) is 19.8 Å². The van der Waals surface area contributed by atoms with E-state index in [0.717, 1.165) is 24.2 Å². The standard InChI is InChI=1S/C11H17N5/c1-2-3-9(8-12)15-11-10-4-5-14-16(10)7-6-13-11/h4-7,9H,2-3,8,12H2,1H3,(H,13,15). The monoisotopic (exact) mass is 219 g/mol. The molecule has 3 N–H and O–H groups in total. The smallest absolute Gasteiger partial charge is 0.152 e. The molecule has 2 aromatic heterocycles. The molecule has 0 aliphatic rings. The Hall–Kier alpha value is -1.62. The van der Waals surface area contributed by atoms with Gasteiger partial charge in [-0.15, -0.1) is 0 Å². The van der Waals surface area contributed by atoms with Gasteiger partial charge in [-0.2, -0.15) is 5.10 Å². The molecule has 2 rings (SSSR count). The van der Waals surface area contributed by atoms with Crippen LogP contribution in [0, 0.1) is 0 Å². The van der Waals surface area contributed by atoms with Crippen LogP contribution in [0.4, 0.5) is 5.82 Å². The summed E-state index contributed by atoms with van der Waals surface area (Å²) in [6.07, 6.45) is 7.49. The molecule has 0 fully saturated rings. The molecule has 5 heteroatoms. The second kappa shape index (κ2) is 4.94. The van der Waals surface area contributed by atoms with Crippen LogP contribution in [-0.2, 0) is 0 Å². The predicted octanol–water partition coefficient (Wildman–Crippen LogP) is 1.27. The molecule has 1 unspecified atom stereocenters. The lowest BCUT2D eigenvalue weighted by atomic mass is 10.1. The maximum absolute atomic E-state index is 5.71. The Morgan fingerprint density at radius 2 is 2.38 bits per heavy atom. The average Bonchev–Trinajstić information content (AvgIpc) is 2.77. The number of rotatable bonds is 5. The van der Waals surface area contributed by atoms with E-state index in [0.29, 0.717) is 6.54 Å². The van der Waals surface area contributed by atoms with E-state index in [2.05, 4.69) is 22.3 Å². The van der Waals surface area contributed by atoms with Crippen molar-refractivity contribution in [1.82, 2.24) is 14.6 Å². The van der Waals surface area contributed by atoms with Crippen molar-refractivity contribution in [1.29, 1.82) is 0 Å². The van der Waals surface area contributed by atoms with E-state index in [9.17, 15) is 0 Å². The molecule has 0 radical (unpaired) electrons. The highest BCUT2D eigenvalue weighted by atomic mass is 15.2. The van der Waals surface area contributed by atoms with Gasteiger partial charge in [0.15, 0.2) is 5.82 Å². The van der Waals surface area contributed by atoms with Gasteiger partial charge in [0.05, 0.1) is 6.20 Å². The Bertz CT molecular complexity index is 450. The summed E-state index contributed by atoms with van der Waals surface area (Å²) < 4.78 is 1.80. The zero-order chi connectivity index (χ0) is 11.4. The molecule has 2 aromatic rings. The van der Waals surface area contributed by atoms with Crippen LogP contribution < -0.4 is 11.1 Å². The fraction of sp³-hybridized carbons (Fsp3) is 0.455. The van der Waals surface area contributed by atoms with E-state index >= 15 is 0 Å². The van der Waals surface area contributed by atoms with E-state index in [1.54, 1.807) is 16.9 Å². The van der Waals surface area contributed by atoms with E-state index in [1.165, 1.54) is 0 Å². The van der Waals surface area contributed by atoms with Gasteiger partial charge >= 0.3 is 0 Å². The Morgan fingerprint density at radius 1 is 1.50 bits per heavy atom. The van der Waals surface area contributed by atoms with Crippen LogP contribution in [0.15, 0.2) is 24.7 Å². The Labute approximate surface area is 94.7 Å². The molecule has 0 amide bonds. The predicted molar refractivity (Wildman–Crippen MR) is 64.4 cm³/mol. The summed E-state index contributed by atoms with van der Waals surface area (Å²) in [6, 6.07) is 2.22. The van der Waals surface area contributed by atoms with Crippen LogP contribution >= 0.6 is 0 Å². The SMILES string of the molecule is CCCC(CN)Nc1nccn2nccc12. The highest BCUT2D eigenvalue weighted by Gasteiger charge is 2.08. The minimum absolute atomic E-state index is 0.276. The highest BCUT2D eigenvalue weighted by molar-refractivity contribution is 5.67. The van der Waals surface area contributed by atoms with E-state index in [4.69, 9.17) is 5.73 Å². The molecule has 1 atom stereocenters. The lowest BCUT2D eigenvalue weighted by Crippen LogP contribution is -2.29. The zero-order valence-corrected chi connectivity index (χ0v) is 9.43. The average molecular weight is 219 g/mol. The third kappa shape index (κ3) is 2.14. The second-order valence-corrected chi connectivity index (χ2v) is 3.80. The number of hydrogen-bond donors (Lipinski definition) is 2. The summed E-state index contributed by atoms with van der Waals surface area (Å²) >= 11 is 0. The first-order valence-corrected chi connectivity index (χ1v) is 5.60. The van der Waals surface area contributed by atoms with Crippen LogP contribution in [0.5, 0.6) is 0 Å². The Balaban J connectivity index is 2.22. The van der Waals surface area contributed by atoms with Crippen LogP contribution in [0.2, 0.25) is 0 Å². The zero-order valence-electron chi connectivity index (χ0n) is 9.43. The van der Waals surface area contributed by atoms with E-state index in [-0.39, 0.29) is 6.04 Å². The largest absolute Gasteiger partial charge is 0.364 e. The van der Waals surface area contributed by atoms with Gasteiger partial charge in [-0.25, -0.2) is 9.50 Å². The van der Waals surface area contributed by atoms with Crippen LogP contribution in [-0.4, -0.2) is 27.2 Å². The first-order chi connectivity index (χ1) is 7.85. The van der Waals surface area contributed by atoms with Gasteiger partial charge in [0.1, 0.15) is 5.52 Å². The molecule has 2 heterocycles. The van der Waals surface area contributed by atoms with Crippen molar-refractivity contribution in [3.63, 3.8) is 0 Å². The van der Waals surface area contributed by atoms with Gasteiger partial charge in [0.2, 0.25) is 0 Å². The molecule has 0 saturated heterocycles. The second-order valence-electron chi connectivity index (χ2n) is 3.80. The normalized spacial score (nSPS) is 12.9. The first kappa shape index (κ1) is 10.9. The lowest BCUT2D eigenvalue weighted by Gasteiger charge is -2.16.